The van der Waals surface area contributed by atoms with Crippen LogP contribution < -0.4 is 10.3 Å². The van der Waals surface area contributed by atoms with Crippen molar-refractivity contribution in [2.45, 2.75) is 0 Å². The molecule has 1 heterocycles. The molecule has 5 heteroatoms. The fraction of sp³-hybridized carbons (Fsp3) is 0.118. The number of nitrogens with zero attached hydrogens (tertiary/aromatic N) is 1. The molecule has 0 fully saturated rings. The number of benzene rings is 2. The Kier molecular flexibility index (Phi) is 3.25. The van der Waals surface area contributed by atoms with Gasteiger partial charge in [-0.2, -0.15) is 0 Å². The standard InChI is InChI=1S/C17H15NO4/c1-18(2)16-13(21)8-11(19)15-12(20)9-14(22-17(15)16)10-6-4-3-5-7-10/h3-9,19,21H,1-2H3. The lowest BCUT2D eigenvalue weighted by Gasteiger charge is -2.17. The summed E-state index contributed by atoms with van der Waals surface area (Å²) in [5, 5.41) is 20.1. The van der Waals surface area contributed by atoms with Crippen molar-refractivity contribution in [3.8, 4) is 22.8 Å². The molecule has 0 aliphatic carbocycles. The maximum absolute atomic E-state index is 12.4. The second kappa shape index (κ2) is 5.11. The first-order valence-electron chi connectivity index (χ1n) is 6.74. The maximum atomic E-state index is 12.4. The van der Waals surface area contributed by atoms with Gasteiger partial charge in [0.05, 0.1) is 0 Å². The molecule has 2 N–H and O–H groups in total. The number of anilines is 1. The van der Waals surface area contributed by atoms with E-state index in [9.17, 15) is 15.0 Å². The molecule has 3 aromatic rings. The summed E-state index contributed by atoms with van der Waals surface area (Å²) < 4.78 is 5.82. The third-order valence-corrected chi connectivity index (χ3v) is 3.44. The summed E-state index contributed by atoms with van der Waals surface area (Å²) in [5.74, 6) is -0.0685. The zero-order valence-electron chi connectivity index (χ0n) is 12.2. The van der Waals surface area contributed by atoms with Crippen molar-refractivity contribution in [3.05, 3.63) is 52.7 Å². The molecule has 0 aliphatic heterocycles. The van der Waals surface area contributed by atoms with E-state index in [0.717, 1.165) is 11.6 Å². The van der Waals surface area contributed by atoms with Crippen LogP contribution in [0.4, 0.5) is 5.69 Å². The number of fused-ring (bicyclic) bond motifs is 1. The second-order valence-electron chi connectivity index (χ2n) is 5.20. The highest BCUT2D eigenvalue weighted by Gasteiger charge is 2.19. The van der Waals surface area contributed by atoms with Crippen molar-refractivity contribution in [1.29, 1.82) is 0 Å². The van der Waals surface area contributed by atoms with Crippen molar-refractivity contribution in [3.63, 3.8) is 0 Å². The fourth-order valence-corrected chi connectivity index (χ4v) is 2.47. The highest BCUT2D eigenvalue weighted by molar-refractivity contribution is 5.97. The van der Waals surface area contributed by atoms with Crippen molar-refractivity contribution in [1.82, 2.24) is 0 Å². The molecule has 2 aromatic carbocycles. The van der Waals surface area contributed by atoms with Gasteiger partial charge in [-0.15, -0.1) is 0 Å². The largest absolute Gasteiger partial charge is 0.507 e. The molecule has 0 amide bonds. The minimum Gasteiger partial charge on any atom is -0.507 e. The van der Waals surface area contributed by atoms with Gasteiger partial charge in [-0.3, -0.25) is 4.79 Å². The molecule has 5 nitrogen and oxygen atoms in total. The Hall–Kier alpha value is -2.95. The van der Waals surface area contributed by atoms with Crippen LogP contribution in [0.25, 0.3) is 22.3 Å². The minimum atomic E-state index is -0.360. The molecular formula is C17H15NO4. The minimum absolute atomic E-state index is 0.0566. The number of phenolic OH excluding ortho intramolecular Hbond substituents is 2. The second-order valence-corrected chi connectivity index (χ2v) is 5.20. The molecule has 0 radical (unpaired) electrons. The normalized spacial score (nSPS) is 10.8. The zero-order chi connectivity index (χ0) is 15.9. The SMILES string of the molecule is CN(C)c1c(O)cc(O)c2c(=O)cc(-c3ccccc3)oc12. The van der Waals surface area contributed by atoms with Gasteiger partial charge in [0.15, 0.2) is 11.0 Å². The first-order valence-corrected chi connectivity index (χ1v) is 6.74. The molecule has 1 aromatic heterocycles. The van der Waals surface area contributed by atoms with Crippen molar-refractivity contribution >= 4 is 16.7 Å². The quantitative estimate of drug-likeness (QED) is 0.760. The van der Waals surface area contributed by atoms with E-state index in [1.165, 1.54) is 6.07 Å². The van der Waals surface area contributed by atoms with Crippen LogP contribution in [0.3, 0.4) is 0 Å². The number of hydrogen-bond donors (Lipinski definition) is 2. The van der Waals surface area contributed by atoms with E-state index in [4.69, 9.17) is 4.42 Å². The molecule has 0 unspecified atom stereocenters. The highest BCUT2D eigenvalue weighted by Crippen LogP contribution is 2.39. The van der Waals surface area contributed by atoms with Crippen LogP contribution in [0, 0.1) is 0 Å². The number of hydrogen-bond acceptors (Lipinski definition) is 5. The Labute approximate surface area is 126 Å². The molecule has 0 saturated heterocycles. The molecule has 22 heavy (non-hydrogen) atoms. The maximum Gasteiger partial charge on any atom is 0.197 e. The van der Waals surface area contributed by atoms with Gasteiger partial charge in [0.25, 0.3) is 0 Å². The van der Waals surface area contributed by atoms with Gasteiger partial charge in [0.1, 0.15) is 28.3 Å². The Morgan fingerprint density at radius 3 is 2.32 bits per heavy atom. The average molecular weight is 297 g/mol. The summed E-state index contributed by atoms with van der Waals surface area (Å²) in [6.45, 7) is 0. The number of aromatic hydroxyl groups is 2. The first-order chi connectivity index (χ1) is 10.5. The summed E-state index contributed by atoms with van der Waals surface area (Å²) in [4.78, 5) is 14.0. The lowest BCUT2D eigenvalue weighted by Crippen LogP contribution is -2.11. The summed E-state index contributed by atoms with van der Waals surface area (Å²) in [6, 6.07) is 11.7. The van der Waals surface area contributed by atoms with Gasteiger partial charge < -0.3 is 19.5 Å². The number of rotatable bonds is 2. The fourth-order valence-electron chi connectivity index (χ4n) is 2.47. The van der Waals surface area contributed by atoms with Crippen LogP contribution in [-0.2, 0) is 0 Å². The van der Waals surface area contributed by atoms with Crippen molar-refractivity contribution in [2.24, 2.45) is 0 Å². The van der Waals surface area contributed by atoms with E-state index in [-0.39, 0.29) is 27.9 Å². The molecular weight excluding hydrogens is 282 g/mol. The molecule has 112 valence electrons. The van der Waals surface area contributed by atoms with Gasteiger partial charge in [-0.25, -0.2) is 0 Å². The third kappa shape index (κ3) is 2.16. The van der Waals surface area contributed by atoms with E-state index in [1.807, 2.05) is 30.3 Å². The van der Waals surface area contributed by atoms with Gasteiger partial charge in [-0.05, 0) is 0 Å². The van der Waals surface area contributed by atoms with Gasteiger partial charge in [0, 0.05) is 31.8 Å². The smallest absolute Gasteiger partial charge is 0.197 e. The summed E-state index contributed by atoms with van der Waals surface area (Å²) >= 11 is 0. The molecule has 0 bridgehead atoms. The Morgan fingerprint density at radius 1 is 1.00 bits per heavy atom. The van der Waals surface area contributed by atoms with Crippen LogP contribution in [0.15, 0.2) is 51.7 Å². The molecule has 0 spiro atoms. The third-order valence-electron chi connectivity index (χ3n) is 3.44. The van der Waals surface area contributed by atoms with Crippen molar-refractivity contribution < 1.29 is 14.6 Å². The Bertz CT molecular complexity index is 898. The van der Waals surface area contributed by atoms with Gasteiger partial charge in [-0.1, -0.05) is 30.3 Å². The molecule has 0 aliphatic rings. The Balaban J connectivity index is 2.42. The average Bonchev–Trinajstić information content (AvgIpc) is 2.46. The van der Waals surface area contributed by atoms with E-state index < -0.39 is 0 Å². The first kappa shape index (κ1) is 14.0. The molecule has 3 rings (SSSR count). The van der Waals surface area contributed by atoms with Crippen LogP contribution in [0.2, 0.25) is 0 Å². The number of phenols is 2. The van der Waals surface area contributed by atoms with E-state index in [2.05, 4.69) is 0 Å². The van der Waals surface area contributed by atoms with Crippen LogP contribution in [-0.4, -0.2) is 24.3 Å². The van der Waals surface area contributed by atoms with Crippen LogP contribution in [0.5, 0.6) is 11.5 Å². The van der Waals surface area contributed by atoms with Gasteiger partial charge >= 0.3 is 0 Å². The zero-order valence-corrected chi connectivity index (χ0v) is 12.2. The highest BCUT2D eigenvalue weighted by atomic mass is 16.3. The predicted molar refractivity (Wildman–Crippen MR) is 85.6 cm³/mol. The van der Waals surface area contributed by atoms with Crippen LogP contribution in [0.1, 0.15) is 0 Å². The Morgan fingerprint density at radius 2 is 1.68 bits per heavy atom. The van der Waals surface area contributed by atoms with E-state index in [1.54, 1.807) is 19.0 Å². The summed E-state index contributed by atoms with van der Waals surface area (Å²) in [7, 11) is 3.45. The lowest BCUT2D eigenvalue weighted by atomic mass is 10.1. The molecule has 0 atom stereocenters. The van der Waals surface area contributed by atoms with Gasteiger partial charge in [0.2, 0.25) is 0 Å². The summed E-state index contributed by atoms with van der Waals surface area (Å²) in [6.07, 6.45) is 0. The molecule has 0 saturated carbocycles. The lowest BCUT2D eigenvalue weighted by molar-refractivity contribution is 0.452. The predicted octanol–water partition coefficient (Wildman–Crippen LogP) is 2.94. The van der Waals surface area contributed by atoms with Crippen molar-refractivity contribution in [2.75, 3.05) is 19.0 Å². The van der Waals surface area contributed by atoms with E-state index >= 15 is 0 Å². The van der Waals surface area contributed by atoms with Crippen LogP contribution >= 0.6 is 0 Å². The monoisotopic (exact) mass is 297 g/mol. The topological polar surface area (TPSA) is 73.9 Å². The van der Waals surface area contributed by atoms with E-state index in [0.29, 0.717) is 11.4 Å². The summed E-state index contributed by atoms with van der Waals surface area (Å²) in [5.41, 5.74) is 0.895.